The van der Waals surface area contributed by atoms with E-state index in [4.69, 9.17) is 14.2 Å². The van der Waals surface area contributed by atoms with Crippen LogP contribution in [0.4, 0.5) is 4.79 Å². The Kier molecular flexibility index (Phi) is 10.9. The van der Waals surface area contributed by atoms with Crippen molar-refractivity contribution in [3.8, 4) is 0 Å². The minimum atomic E-state index is -0.594. The number of H-pyrrole nitrogens is 1. The van der Waals surface area contributed by atoms with Crippen molar-refractivity contribution in [2.24, 2.45) is 0 Å². The van der Waals surface area contributed by atoms with Crippen LogP contribution in [0.25, 0.3) is 11.0 Å². The van der Waals surface area contributed by atoms with Gasteiger partial charge in [0.2, 0.25) is 0 Å². The van der Waals surface area contributed by atoms with Gasteiger partial charge >= 0.3 is 17.7 Å². The lowest BCUT2D eigenvalue weighted by molar-refractivity contribution is -0.253. The standard InChI is InChI=1S/C36H43N5O7/c1-2-46-33(43)21-38-35(44)37-20-24-7-13-27(14-8-24)34-47-29(19-32(48-34)26-11-9-25(23-42)10-12-26)22-40-17-15-28(16-18-40)41-31-6-4-3-5-30(31)39-36(41)45/h3-14,28-29,32,34,42H,2,15-23H2,1H3,(H,39,45)(H2,37,38,44)/t29-,32+,34+/m0/s1. The number of hydrogen-bond donors (Lipinski definition) is 4. The van der Waals surface area contributed by atoms with Gasteiger partial charge in [0.25, 0.3) is 0 Å². The van der Waals surface area contributed by atoms with Crippen molar-refractivity contribution in [3.63, 3.8) is 0 Å². The molecule has 0 bridgehead atoms. The smallest absolute Gasteiger partial charge is 0.326 e. The van der Waals surface area contributed by atoms with E-state index in [9.17, 15) is 19.5 Å². The number of hydrogen-bond acceptors (Lipinski definition) is 8. The van der Waals surface area contributed by atoms with E-state index >= 15 is 0 Å². The van der Waals surface area contributed by atoms with Gasteiger partial charge < -0.3 is 39.8 Å². The molecule has 2 aliphatic rings. The molecule has 4 aromatic rings. The zero-order valence-electron chi connectivity index (χ0n) is 27.1. The van der Waals surface area contributed by atoms with Gasteiger partial charge in [-0.15, -0.1) is 0 Å². The first-order valence-electron chi connectivity index (χ1n) is 16.6. The molecule has 48 heavy (non-hydrogen) atoms. The van der Waals surface area contributed by atoms with E-state index < -0.39 is 18.3 Å². The molecule has 3 atom stereocenters. The van der Waals surface area contributed by atoms with Gasteiger partial charge in [-0.2, -0.15) is 0 Å². The van der Waals surface area contributed by atoms with Crippen molar-refractivity contribution >= 4 is 23.0 Å². The Bertz CT molecular complexity index is 1730. The molecule has 3 heterocycles. The topological polar surface area (TPSA) is 147 Å². The lowest BCUT2D eigenvalue weighted by Crippen LogP contribution is -2.43. The van der Waals surface area contributed by atoms with Crippen LogP contribution in [-0.2, 0) is 32.2 Å². The second-order valence-corrected chi connectivity index (χ2v) is 12.3. The summed E-state index contributed by atoms with van der Waals surface area (Å²) in [5, 5.41) is 14.8. The molecule has 2 saturated heterocycles. The molecule has 2 amide bonds. The number of carbonyl (C=O) groups excluding carboxylic acids is 2. The molecule has 3 aromatic carbocycles. The molecular formula is C36H43N5O7. The number of nitrogens with one attached hydrogen (secondary N) is 3. The largest absolute Gasteiger partial charge is 0.465 e. The first-order chi connectivity index (χ1) is 23.4. The fourth-order valence-corrected chi connectivity index (χ4v) is 6.52. The van der Waals surface area contributed by atoms with E-state index in [1.807, 2.05) is 77.4 Å². The fourth-order valence-electron chi connectivity index (χ4n) is 6.52. The number of aromatic nitrogens is 2. The van der Waals surface area contributed by atoms with Crippen LogP contribution in [0.2, 0.25) is 0 Å². The van der Waals surface area contributed by atoms with Crippen molar-refractivity contribution < 1.29 is 28.9 Å². The minimum absolute atomic E-state index is 0.0188. The monoisotopic (exact) mass is 657 g/mol. The van der Waals surface area contributed by atoms with Crippen LogP contribution in [0.1, 0.15) is 66.9 Å². The van der Waals surface area contributed by atoms with Crippen LogP contribution in [0.5, 0.6) is 0 Å². The number of nitrogens with zero attached hydrogens (tertiary/aromatic N) is 2. The number of likely N-dealkylation sites (tertiary alicyclic amines) is 1. The molecule has 1 aromatic heterocycles. The normalized spacial score (nSPS) is 20.4. The highest BCUT2D eigenvalue weighted by Gasteiger charge is 2.34. The Morgan fingerprint density at radius 2 is 1.65 bits per heavy atom. The van der Waals surface area contributed by atoms with Crippen LogP contribution < -0.4 is 16.3 Å². The number of amides is 2. The van der Waals surface area contributed by atoms with Crippen molar-refractivity contribution in [2.75, 3.05) is 32.8 Å². The minimum Gasteiger partial charge on any atom is -0.465 e. The summed E-state index contributed by atoms with van der Waals surface area (Å²) in [5.41, 5.74) is 5.37. The number of ether oxygens (including phenoxy) is 3. The molecule has 0 spiro atoms. The summed E-state index contributed by atoms with van der Waals surface area (Å²) in [6.45, 7) is 4.49. The van der Waals surface area contributed by atoms with E-state index in [0.717, 1.165) is 65.8 Å². The predicted molar refractivity (Wildman–Crippen MR) is 179 cm³/mol. The number of benzene rings is 3. The zero-order valence-corrected chi connectivity index (χ0v) is 27.1. The number of piperidine rings is 1. The van der Waals surface area contributed by atoms with Crippen molar-refractivity contribution in [1.82, 2.24) is 25.1 Å². The van der Waals surface area contributed by atoms with Crippen molar-refractivity contribution in [3.05, 3.63) is 106 Å². The van der Waals surface area contributed by atoms with E-state index in [-0.39, 0.29) is 50.2 Å². The van der Waals surface area contributed by atoms with E-state index in [1.54, 1.807) is 6.92 Å². The molecule has 0 saturated carbocycles. The summed E-state index contributed by atoms with van der Waals surface area (Å²) < 4.78 is 19.8. The summed E-state index contributed by atoms with van der Waals surface area (Å²) in [5.74, 6) is -0.489. The average Bonchev–Trinajstić information content (AvgIpc) is 3.46. The molecule has 254 valence electrons. The molecule has 0 aliphatic carbocycles. The molecule has 6 rings (SSSR count). The van der Waals surface area contributed by atoms with Crippen molar-refractivity contribution in [2.45, 2.75) is 63.9 Å². The number of aliphatic hydroxyl groups excluding tert-OH is 1. The number of carbonyl (C=O) groups is 2. The first kappa shape index (κ1) is 33.4. The Morgan fingerprint density at radius 1 is 0.938 bits per heavy atom. The number of imidazole rings is 1. The average molecular weight is 658 g/mol. The molecule has 12 nitrogen and oxygen atoms in total. The number of aromatic amines is 1. The van der Waals surface area contributed by atoms with Gasteiger partial charge in [-0.25, -0.2) is 9.59 Å². The van der Waals surface area contributed by atoms with Gasteiger partial charge in [0.1, 0.15) is 6.54 Å². The number of aliphatic hydroxyl groups is 1. The molecule has 2 aliphatic heterocycles. The Hall–Kier alpha value is -4.49. The maximum atomic E-state index is 12.8. The third kappa shape index (κ3) is 8.13. The lowest BCUT2D eigenvalue weighted by Gasteiger charge is -2.40. The highest BCUT2D eigenvalue weighted by atomic mass is 16.7. The summed E-state index contributed by atoms with van der Waals surface area (Å²) in [4.78, 5) is 41.8. The Morgan fingerprint density at radius 3 is 2.38 bits per heavy atom. The molecule has 12 heteroatoms. The Balaban J connectivity index is 1.09. The second-order valence-electron chi connectivity index (χ2n) is 12.3. The van der Waals surface area contributed by atoms with Gasteiger partial charge in [-0.1, -0.05) is 60.7 Å². The van der Waals surface area contributed by atoms with Gasteiger partial charge in [-0.3, -0.25) is 9.36 Å². The summed E-state index contributed by atoms with van der Waals surface area (Å²) in [6.07, 6.45) is 1.53. The lowest BCUT2D eigenvalue weighted by atomic mass is 9.98. The van der Waals surface area contributed by atoms with Gasteiger partial charge in [0.15, 0.2) is 6.29 Å². The number of esters is 1. The molecular weight excluding hydrogens is 614 g/mol. The highest BCUT2D eigenvalue weighted by Crippen LogP contribution is 2.38. The maximum absolute atomic E-state index is 12.8. The van der Waals surface area contributed by atoms with E-state index in [0.29, 0.717) is 6.42 Å². The highest BCUT2D eigenvalue weighted by molar-refractivity contribution is 5.80. The van der Waals surface area contributed by atoms with Crippen LogP contribution >= 0.6 is 0 Å². The summed E-state index contributed by atoms with van der Waals surface area (Å²) >= 11 is 0. The number of rotatable bonds is 11. The van der Waals surface area contributed by atoms with E-state index in [2.05, 4.69) is 20.5 Å². The van der Waals surface area contributed by atoms with Crippen LogP contribution in [-0.4, -0.2) is 70.4 Å². The van der Waals surface area contributed by atoms with Crippen LogP contribution in [0.3, 0.4) is 0 Å². The number of para-hydroxylation sites is 2. The van der Waals surface area contributed by atoms with Crippen LogP contribution in [0, 0.1) is 0 Å². The SMILES string of the molecule is CCOC(=O)CNC(=O)NCc1ccc([C@@H]2O[C@H](CN3CCC(n4c(=O)[nH]c5ccccc54)CC3)C[C@H](c3ccc(CO)cc3)O2)cc1. The van der Waals surface area contributed by atoms with Gasteiger partial charge in [0.05, 0.1) is 36.5 Å². The second kappa shape index (κ2) is 15.6. The number of urea groups is 1. The zero-order chi connectivity index (χ0) is 33.5. The Labute approximate surface area is 279 Å². The van der Waals surface area contributed by atoms with Crippen LogP contribution in [0.15, 0.2) is 77.6 Å². The summed E-state index contributed by atoms with van der Waals surface area (Å²) in [6, 6.07) is 23.1. The predicted octanol–water partition coefficient (Wildman–Crippen LogP) is 4.07. The third-order valence-electron chi connectivity index (χ3n) is 9.03. The maximum Gasteiger partial charge on any atom is 0.326 e. The molecule has 0 radical (unpaired) electrons. The fraction of sp³-hybridized carbons (Fsp3) is 0.417. The number of fused-ring (bicyclic) bond motifs is 1. The third-order valence-corrected chi connectivity index (χ3v) is 9.03. The van der Waals surface area contributed by atoms with Gasteiger partial charge in [0, 0.05) is 44.2 Å². The molecule has 4 N–H and O–H groups in total. The molecule has 2 fully saturated rings. The summed E-state index contributed by atoms with van der Waals surface area (Å²) in [7, 11) is 0. The van der Waals surface area contributed by atoms with E-state index in [1.165, 1.54) is 0 Å². The quantitative estimate of drug-likeness (QED) is 0.177. The van der Waals surface area contributed by atoms with Gasteiger partial charge in [-0.05, 0) is 48.6 Å². The molecule has 0 unspecified atom stereocenters. The first-order valence-corrected chi connectivity index (χ1v) is 16.6. The van der Waals surface area contributed by atoms with Crippen molar-refractivity contribution in [1.29, 1.82) is 0 Å².